The van der Waals surface area contributed by atoms with Gasteiger partial charge >= 0.3 is 0 Å². The number of fused-ring (bicyclic) bond motifs is 1. The molecule has 2 aromatic heterocycles. The van der Waals surface area contributed by atoms with Crippen molar-refractivity contribution in [3.63, 3.8) is 0 Å². The van der Waals surface area contributed by atoms with Crippen molar-refractivity contribution >= 4 is 32.7 Å². The number of hydrogen-bond donors (Lipinski definition) is 1. The summed E-state index contributed by atoms with van der Waals surface area (Å²) >= 11 is 3.41. The van der Waals surface area contributed by atoms with Gasteiger partial charge in [0.1, 0.15) is 5.52 Å². The Morgan fingerprint density at radius 2 is 2.19 bits per heavy atom. The molecule has 0 radical (unpaired) electrons. The standard InChI is InChI=1S/C12H12BrN3/c13-8-6-11-12(15-7-8)10(4-5-14-11)16-9-2-1-3-9/h4-7,9H,1-3H2,(H,14,16). The Balaban J connectivity index is 2.02. The van der Waals surface area contributed by atoms with Gasteiger partial charge in [0.25, 0.3) is 0 Å². The summed E-state index contributed by atoms with van der Waals surface area (Å²) in [6, 6.07) is 4.62. The molecule has 0 bridgehead atoms. The first-order chi connectivity index (χ1) is 7.83. The molecule has 1 saturated carbocycles. The molecule has 82 valence electrons. The molecule has 16 heavy (non-hydrogen) atoms. The van der Waals surface area contributed by atoms with E-state index < -0.39 is 0 Å². The largest absolute Gasteiger partial charge is 0.380 e. The molecule has 0 atom stereocenters. The molecule has 3 nitrogen and oxygen atoms in total. The molecular formula is C12H12BrN3. The molecule has 0 saturated heterocycles. The summed E-state index contributed by atoms with van der Waals surface area (Å²) in [5, 5.41) is 3.52. The second kappa shape index (κ2) is 4.01. The number of nitrogens with one attached hydrogen (secondary N) is 1. The third-order valence-corrected chi connectivity index (χ3v) is 3.44. The first kappa shape index (κ1) is 10.0. The van der Waals surface area contributed by atoms with Gasteiger partial charge in [-0.05, 0) is 47.3 Å². The maximum absolute atomic E-state index is 4.42. The van der Waals surface area contributed by atoms with Gasteiger partial charge < -0.3 is 5.32 Å². The molecule has 0 amide bonds. The van der Waals surface area contributed by atoms with Crippen LogP contribution in [0.3, 0.4) is 0 Å². The van der Waals surface area contributed by atoms with Crippen LogP contribution in [0.1, 0.15) is 19.3 Å². The van der Waals surface area contributed by atoms with E-state index in [1.807, 2.05) is 24.5 Å². The lowest BCUT2D eigenvalue weighted by molar-refractivity contribution is 0.446. The number of nitrogens with zero attached hydrogens (tertiary/aromatic N) is 2. The molecule has 4 heteroatoms. The number of aromatic nitrogens is 2. The van der Waals surface area contributed by atoms with Gasteiger partial charge in [0.2, 0.25) is 0 Å². The van der Waals surface area contributed by atoms with Crippen LogP contribution in [0.25, 0.3) is 11.0 Å². The third kappa shape index (κ3) is 1.78. The Morgan fingerprint density at radius 1 is 1.31 bits per heavy atom. The third-order valence-electron chi connectivity index (χ3n) is 3.01. The van der Waals surface area contributed by atoms with Crippen LogP contribution in [-0.2, 0) is 0 Å². The molecule has 1 N–H and O–H groups in total. The van der Waals surface area contributed by atoms with Gasteiger partial charge in [0.15, 0.2) is 0 Å². The SMILES string of the molecule is Brc1cnc2c(NC3CCC3)ccnc2c1. The van der Waals surface area contributed by atoms with Crippen molar-refractivity contribution < 1.29 is 0 Å². The summed E-state index contributed by atoms with van der Waals surface area (Å²) < 4.78 is 0.966. The average Bonchev–Trinajstić information content (AvgIpc) is 2.23. The van der Waals surface area contributed by atoms with Crippen LogP contribution in [0.5, 0.6) is 0 Å². The second-order valence-electron chi connectivity index (χ2n) is 4.15. The fourth-order valence-electron chi connectivity index (χ4n) is 1.89. The highest BCUT2D eigenvalue weighted by Gasteiger charge is 2.18. The summed E-state index contributed by atoms with van der Waals surface area (Å²) in [5.41, 5.74) is 2.98. The smallest absolute Gasteiger partial charge is 0.112 e. The fourth-order valence-corrected chi connectivity index (χ4v) is 2.21. The molecule has 0 unspecified atom stereocenters. The van der Waals surface area contributed by atoms with Gasteiger partial charge in [-0.25, -0.2) is 0 Å². The van der Waals surface area contributed by atoms with Gasteiger partial charge in [-0.3, -0.25) is 9.97 Å². The van der Waals surface area contributed by atoms with E-state index in [9.17, 15) is 0 Å². The van der Waals surface area contributed by atoms with Crippen LogP contribution in [0.15, 0.2) is 29.0 Å². The zero-order chi connectivity index (χ0) is 11.0. The Bertz CT molecular complexity index is 523. The van der Waals surface area contributed by atoms with E-state index in [-0.39, 0.29) is 0 Å². The monoisotopic (exact) mass is 277 g/mol. The molecular weight excluding hydrogens is 266 g/mol. The van der Waals surface area contributed by atoms with Crippen molar-refractivity contribution in [1.29, 1.82) is 0 Å². The summed E-state index contributed by atoms with van der Waals surface area (Å²) in [4.78, 5) is 8.74. The Kier molecular flexibility index (Phi) is 2.52. The van der Waals surface area contributed by atoms with Crippen LogP contribution in [0.4, 0.5) is 5.69 Å². The number of hydrogen-bond acceptors (Lipinski definition) is 3. The summed E-state index contributed by atoms with van der Waals surface area (Å²) in [6.45, 7) is 0. The quantitative estimate of drug-likeness (QED) is 0.915. The predicted molar refractivity (Wildman–Crippen MR) is 68.5 cm³/mol. The first-order valence-corrected chi connectivity index (χ1v) is 6.29. The molecule has 2 heterocycles. The van der Waals surface area contributed by atoms with Gasteiger partial charge in [-0.15, -0.1) is 0 Å². The Morgan fingerprint density at radius 3 is 2.94 bits per heavy atom. The molecule has 0 spiro atoms. The number of halogens is 1. The van der Waals surface area contributed by atoms with Crippen molar-refractivity contribution in [2.75, 3.05) is 5.32 Å². The highest BCUT2D eigenvalue weighted by molar-refractivity contribution is 9.10. The van der Waals surface area contributed by atoms with Crippen LogP contribution in [0.2, 0.25) is 0 Å². The van der Waals surface area contributed by atoms with E-state index in [1.165, 1.54) is 19.3 Å². The highest BCUT2D eigenvalue weighted by atomic mass is 79.9. The van der Waals surface area contributed by atoms with E-state index in [2.05, 4.69) is 31.2 Å². The van der Waals surface area contributed by atoms with Crippen LogP contribution >= 0.6 is 15.9 Å². The molecule has 2 aromatic rings. The molecule has 0 aromatic carbocycles. The lowest BCUT2D eigenvalue weighted by Crippen LogP contribution is -2.27. The zero-order valence-corrected chi connectivity index (χ0v) is 10.4. The fraction of sp³-hybridized carbons (Fsp3) is 0.333. The van der Waals surface area contributed by atoms with Gasteiger partial charge in [-0.1, -0.05) is 0 Å². The second-order valence-corrected chi connectivity index (χ2v) is 5.07. The van der Waals surface area contributed by atoms with Crippen molar-refractivity contribution in [3.05, 3.63) is 29.0 Å². The van der Waals surface area contributed by atoms with Crippen molar-refractivity contribution in [3.8, 4) is 0 Å². The van der Waals surface area contributed by atoms with E-state index in [0.29, 0.717) is 6.04 Å². The zero-order valence-electron chi connectivity index (χ0n) is 8.78. The van der Waals surface area contributed by atoms with E-state index in [4.69, 9.17) is 0 Å². The van der Waals surface area contributed by atoms with Crippen LogP contribution < -0.4 is 5.32 Å². The molecule has 1 aliphatic carbocycles. The summed E-state index contributed by atoms with van der Waals surface area (Å²) in [6.07, 6.45) is 7.51. The first-order valence-electron chi connectivity index (χ1n) is 5.50. The summed E-state index contributed by atoms with van der Waals surface area (Å²) in [5.74, 6) is 0. The van der Waals surface area contributed by atoms with E-state index in [1.54, 1.807) is 0 Å². The van der Waals surface area contributed by atoms with Crippen molar-refractivity contribution in [2.45, 2.75) is 25.3 Å². The van der Waals surface area contributed by atoms with E-state index >= 15 is 0 Å². The maximum Gasteiger partial charge on any atom is 0.112 e. The topological polar surface area (TPSA) is 37.8 Å². The van der Waals surface area contributed by atoms with Gasteiger partial charge in [0.05, 0.1) is 11.2 Å². The normalized spacial score (nSPS) is 16.1. The lowest BCUT2D eigenvalue weighted by Gasteiger charge is -2.27. The number of anilines is 1. The lowest BCUT2D eigenvalue weighted by atomic mass is 9.93. The molecule has 1 fully saturated rings. The Hall–Kier alpha value is -1.16. The predicted octanol–water partition coefficient (Wildman–Crippen LogP) is 3.36. The van der Waals surface area contributed by atoms with Crippen molar-refractivity contribution in [2.24, 2.45) is 0 Å². The Labute approximate surface area is 102 Å². The van der Waals surface area contributed by atoms with Gasteiger partial charge in [-0.2, -0.15) is 0 Å². The molecule has 3 rings (SSSR count). The van der Waals surface area contributed by atoms with Gasteiger partial charge in [0, 0.05) is 22.9 Å². The maximum atomic E-state index is 4.42. The van der Waals surface area contributed by atoms with Crippen LogP contribution in [0, 0.1) is 0 Å². The molecule has 0 aliphatic heterocycles. The van der Waals surface area contributed by atoms with Crippen molar-refractivity contribution in [1.82, 2.24) is 9.97 Å². The minimum Gasteiger partial charge on any atom is -0.380 e. The van der Waals surface area contributed by atoms with E-state index in [0.717, 1.165) is 21.2 Å². The average molecular weight is 278 g/mol. The number of rotatable bonds is 2. The minimum absolute atomic E-state index is 0.621. The molecule has 1 aliphatic rings. The summed E-state index contributed by atoms with van der Waals surface area (Å²) in [7, 11) is 0. The minimum atomic E-state index is 0.621. The number of pyridine rings is 2. The highest BCUT2D eigenvalue weighted by Crippen LogP contribution is 2.27. The van der Waals surface area contributed by atoms with Crippen LogP contribution in [-0.4, -0.2) is 16.0 Å².